The van der Waals surface area contributed by atoms with Crippen molar-refractivity contribution in [3.63, 3.8) is 0 Å². The molecule has 0 atom stereocenters. The molecule has 0 amide bonds. The van der Waals surface area contributed by atoms with Gasteiger partial charge in [-0.3, -0.25) is 0 Å². The highest BCUT2D eigenvalue weighted by Gasteiger charge is 2.35. The average molecular weight is 602 g/mol. The normalized spacial score (nSPS) is 13.1. The van der Waals surface area contributed by atoms with E-state index in [9.17, 15) is 0 Å². The van der Waals surface area contributed by atoms with Crippen molar-refractivity contribution < 1.29 is 0 Å². The maximum Gasteiger partial charge on any atom is 0.164 e. The second-order valence-electron chi connectivity index (χ2n) is 12.9. The van der Waals surface area contributed by atoms with Crippen LogP contribution in [0.4, 0.5) is 0 Å². The van der Waals surface area contributed by atoms with Gasteiger partial charge >= 0.3 is 0 Å². The molecule has 0 unspecified atom stereocenters. The Morgan fingerprint density at radius 1 is 0.340 bits per heavy atom. The van der Waals surface area contributed by atoms with E-state index in [1.54, 1.807) is 0 Å². The number of hydrogen-bond acceptors (Lipinski definition) is 3. The predicted octanol–water partition coefficient (Wildman–Crippen LogP) is 11.2. The average Bonchev–Trinajstić information content (AvgIpc) is 3.36. The maximum absolute atomic E-state index is 5.04. The Hall–Kier alpha value is -5.93. The topological polar surface area (TPSA) is 38.7 Å². The van der Waals surface area contributed by atoms with Crippen molar-refractivity contribution in [2.75, 3.05) is 0 Å². The van der Waals surface area contributed by atoms with Gasteiger partial charge in [0.05, 0.1) is 0 Å². The van der Waals surface area contributed by atoms with E-state index in [1.807, 2.05) is 0 Å². The number of rotatable bonds is 4. The molecule has 3 nitrogen and oxygen atoms in total. The first-order chi connectivity index (χ1) is 23.0. The number of nitrogens with zero attached hydrogens (tertiary/aromatic N) is 3. The van der Waals surface area contributed by atoms with Crippen LogP contribution in [-0.2, 0) is 5.41 Å². The first-order valence-corrected chi connectivity index (χ1v) is 16.1. The standard InChI is InChI=1S/C44H31N3/c1-44(2)39-14-8-7-13-37(39)38-27-34(23-24-40(38)44)30-15-19-31(20-16-30)41-45-42(35-21-17-28-9-3-5-11-32(28)25-35)47-43(46-41)36-22-18-29-10-4-6-12-33(29)26-36/h3-27H,1-2H3. The smallest absolute Gasteiger partial charge is 0.164 e. The predicted molar refractivity (Wildman–Crippen MR) is 194 cm³/mol. The maximum atomic E-state index is 5.04. The minimum Gasteiger partial charge on any atom is -0.208 e. The summed E-state index contributed by atoms with van der Waals surface area (Å²) < 4.78 is 0. The van der Waals surface area contributed by atoms with E-state index >= 15 is 0 Å². The van der Waals surface area contributed by atoms with Crippen LogP contribution >= 0.6 is 0 Å². The summed E-state index contributed by atoms with van der Waals surface area (Å²) in [5.74, 6) is 1.98. The third-order valence-electron chi connectivity index (χ3n) is 9.71. The SMILES string of the molecule is CC1(C)c2ccccc2-c2cc(-c3ccc(-c4nc(-c5ccc6ccccc6c5)nc(-c5ccc6ccccc6c5)n4)cc3)ccc21. The van der Waals surface area contributed by atoms with Gasteiger partial charge in [0.1, 0.15) is 0 Å². The number of fused-ring (bicyclic) bond motifs is 5. The van der Waals surface area contributed by atoms with Crippen molar-refractivity contribution in [3.05, 3.63) is 163 Å². The number of benzene rings is 7. The van der Waals surface area contributed by atoms with E-state index in [1.165, 1.54) is 38.6 Å². The fraction of sp³-hybridized carbons (Fsp3) is 0.0682. The molecule has 222 valence electrons. The molecule has 1 aromatic heterocycles. The van der Waals surface area contributed by atoms with Gasteiger partial charge in [-0.25, -0.2) is 15.0 Å². The fourth-order valence-electron chi connectivity index (χ4n) is 7.13. The van der Waals surface area contributed by atoms with Crippen molar-refractivity contribution in [1.29, 1.82) is 0 Å². The molecule has 0 saturated heterocycles. The summed E-state index contributed by atoms with van der Waals surface area (Å²) in [6, 6.07) is 53.8. The minimum absolute atomic E-state index is 0.00149. The molecule has 8 aromatic rings. The van der Waals surface area contributed by atoms with Crippen molar-refractivity contribution in [1.82, 2.24) is 15.0 Å². The molecule has 0 fully saturated rings. The zero-order valence-electron chi connectivity index (χ0n) is 26.3. The van der Waals surface area contributed by atoms with E-state index in [4.69, 9.17) is 15.0 Å². The number of aromatic nitrogens is 3. The summed E-state index contributed by atoms with van der Waals surface area (Å²) in [6.07, 6.45) is 0. The Labute approximate surface area is 274 Å². The summed E-state index contributed by atoms with van der Waals surface area (Å²) in [5, 5.41) is 4.69. The van der Waals surface area contributed by atoms with E-state index in [2.05, 4.69) is 166 Å². The third-order valence-corrected chi connectivity index (χ3v) is 9.71. The molecule has 9 rings (SSSR count). The van der Waals surface area contributed by atoms with Gasteiger partial charge in [0, 0.05) is 22.1 Å². The van der Waals surface area contributed by atoms with Gasteiger partial charge in [0.2, 0.25) is 0 Å². The zero-order valence-corrected chi connectivity index (χ0v) is 26.3. The molecule has 0 aliphatic heterocycles. The van der Waals surface area contributed by atoms with Crippen LogP contribution in [0.1, 0.15) is 25.0 Å². The molecule has 3 heteroatoms. The molecule has 0 N–H and O–H groups in total. The fourth-order valence-corrected chi connectivity index (χ4v) is 7.13. The lowest BCUT2D eigenvalue weighted by atomic mass is 9.82. The monoisotopic (exact) mass is 601 g/mol. The molecule has 0 saturated carbocycles. The van der Waals surface area contributed by atoms with Crippen LogP contribution in [0.15, 0.2) is 152 Å². The van der Waals surface area contributed by atoms with Crippen LogP contribution in [0.2, 0.25) is 0 Å². The second-order valence-corrected chi connectivity index (χ2v) is 12.9. The van der Waals surface area contributed by atoms with Gasteiger partial charge in [-0.15, -0.1) is 0 Å². The summed E-state index contributed by atoms with van der Waals surface area (Å²) >= 11 is 0. The molecule has 1 aliphatic rings. The highest BCUT2D eigenvalue weighted by Crippen LogP contribution is 2.49. The van der Waals surface area contributed by atoms with Crippen LogP contribution in [0.5, 0.6) is 0 Å². The number of hydrogen-bond donors (Lipinski definition) is 0. The van der Waals surface area contributed by atoms with Crippen LogP contribution in [0.3, 0.4) is 0 Å². The van der Waals surface area contributed by atoms with Crippen LogP contribution in [0, 0.1) is 0 Å². The van der Waals surface area contributed by atoms with Gasteiger partial charge in [-0.05, 0) is 73.1 Å². The van der Waals surface area contributed by atoms with E-state index in [0.29, 0.717) is 17.5 Å². The van der Waals surface area contributed by atoms with Crippen molar-refractivity contribution >= 4 is 21.5 Å². The van der Waals surface area contributed by atoms with Crippen molar-refractivity contribution in [2.45, 2.75) is 19.3 Å². The van der Waals surface area contributed by atoms with Crippen LogP contribution < -0.4 is 0 Å². The van der Waals surface area contributed by atoms with E-state index < -0.39 is 0 Å². The lowest BCUT2D eigenvalue weighted by Crippen LogP contribution is -2.14. The summed E-state index contributed by atoms with van der Waals surface area (Å²) in [7, 11) is 0. The molecule has 0 bridgehead atoms. The van der Waals surface area contributed by atoms with Crippen molar-refractivity contribution in [3.8, 4) is 56.4 Å². The summed E-state index contributed by atoms with van der Waals surface area (Å²) in [6.45, 7) is 4.64. The Kier molecular flexibility index (Phi) is 6.16. The van der Waals surface area contributed by atoms with Gasteiger partial charge in [0.25, 0.3) is 0 Å². The van der Waals surface area contributed by atoms with Crippen LogP contribution in [0.25, 0.3) is 78.0 Å². The zero-order chi connectivity index (χ0) is 31.5. The highest BCUT2D eigenvalue weighted by atomic mass is 15.0. The van der Waals surface area contributed by atoms with Crippen molar-refractivity contribution in [2.24, 2.45) is 0 Å². The molecule has 1 aliphatic carbocycles. The lowest BCUT2D eigenvalue weighted by molar-refractivity contribution is 0.660. The quantitative estimate of drug-likeness (QED) is 0.201. The lowest BCUT2D eigenvalue weighted by Gasteiger charge is -2.21. The largest absolute Gasteiger partial charge is 0.208 e. The molecule has 0 spiro atoms. The Balaban J connectivity index is 1.14. The molecular formula is C44H31N3. The van der Waals surface area contributed by atoms with Gasteiger partial charge in [-0.2, -0.15) is 0 Å². The van der Waals surface area contributed by atoms with Gasteiger partial charge < -0.3 is 0 Å². The molecule has 7 aromatic carbocycles. The first-order valence-electron chi connectivity index (χ1n) is 16.1. The second kappa shape index (κ2) is 10.6. The molecule has 47 heavy (non-hydrogen) atoms. The van der Waals surface area contributed by atoms with E-state index in [-0.39, 0.29) is 5.41 Å². The Morgan fingerprint density at radius 3 is 1.40 bits per heavy atom. The molecule has 0 radical (unpaired) electrons. The third kappa shape index (κ3) is 4.62. The van der Waals surface area contributed by atoms with Crippen LogP contribution in [-0.4, -0.2) is 15.0 Å². The Bertz CT molecular complexity index is 2390. The minimum atomic E-state index is -0.00149. The molecule has 1 heterocycles. The van der Waals surface area contributed by atoms with E-state index in [0.717, 1.165) is 33.0 Å². The van der Waals surface area contributed by atoms with Gasteiger partial charge in [-0.1, -0.05) is 147 Å². The summed E-state index contributed by atoms with van der Waals surface area (Å²) in [4.78, 5) is 15.1. The highest BCUT2D eigenvalue weighted by molar-refractivity contribution is 5.89. The first kappa shape index (κ1) is 27.4. The summed E-state index contributed by atoms with van der Waals surface area (Å²) in [5.41, 5.74) is 10.7. The molecular weight excluding hydrogens is 571 g/mol. The Morgan fingerprint density at radius 2 is 0.787 bits per heavy atom. The van der Waals surface area contributed by atoms with Gasteiger partial charge in [0.15, 0.2) is 17.5 Å².